The Balaban J connectivity index is -0.0000000262. The highest BCUT2D eigenvalue weighted by molar-refractivity contribution is 5.47. The Morgan fingerprint density at radius 2 is 0.800 bits per heavy atom. The monoisotopic (exact) mass is 144 g/mol. The van der Waals surface area contributed by atoms with Crippen LogP contribution >= 0.6 is 0 Å². The topological polar surface area (TPSA) is 63.2 Å². The van der Waals surface area contributed by atoms with Gasteiger partial charge in [-0.1, -0.05) is 0 Å². The summed E-state index contributed by atoms with van der Waals surface area (Å²) < 4.78 is 0. The largest absolute Gasteiger partial charge is 0.652 e. The first kappa shape index (κ1) is 23.6. The molecule has 0 spiro atoms. The van der Waals surface area contributed by atoms with Crippen molar-refractivity contribution in [3.8, 4) is 0 Å². The molecule has 0 bridgehead atoms. The van der Waals surface area contributed by atoms with Gasteiger partial charge in [-0.15, -0.1) is 39.5 Å². The number of carbonyl (C=O) groups excluding carboxylic acids is 1. The summed E-state index contributed by atoms with van der Waals surface area (Å²) in [5.74, 6) is 0. The zero-order valence-corrected chi connectivity index (χ0v) is 5.97. The molecule has 0 amide bonds. The van der Waals surface area contributed by atoms with Crippen LogP contribution in [-0.4, -0.2) is 6.16 Å². The molecular formula is C7H12O3-2. The second-order valence-electron chi connectivity index (χ2n) is 0.250. The molecule has 0 aromatic rings. The van der Waals surface area contributed by atoms with E-state index in [1.54, 1.807) is 0 Å². The molecule has 0 radical (unpaired) electrons. The highest BCUT2D eigenvalue weighted by Crippen LogP contribution is 1.21. The first-order valence-corrected chi connectivity index (χ1v) is 2.11. The van der Waals surface area contributed by atoms with Gasteiger partial charge >= 0.3 is 0 Å². The molecule has 0 aliphatic carbocycles. The van der Waals surface area contributed by atoms with Crippen molar-refractivity contribution in [2.45, 2.75) is 0 Å². The lowest BCUT2D eigenvalue weighted by molar-refractivity contribution is -0.415. The highest BCUT2D eigenvalue weighted by Gasteiger charge is 1.26. The van der Waals surface area contributed by atoms with Crippen molar-refractivity contribution in [1.29, 1.82) is 0 Å². The minimum atomic E-state index is -2.33. The van der Waals surface area contributed by atoms with Crippen molar-refractivity contribution in [2.24, 2.45) is 0 Å². The van der Waals surface area contributed by atoms with Crippen molar-refractivity contribution < 1.29 is 15.0 Å². The van der Waals surface area contributed by atoms with Gasteiger partial charge in [0.2, 0.25) is 0 Å². The van der Waals surface area contributed by atoms with Crippen LogP contribution in [0.1, 0.15) is 0 Å². The molecule has 0 atom stereocenters. The summed E-state index contributed by atoms with van der Waals surface area (Å²) in [7, 11) is 0. The van der Waals surface area contributed by atoms with Gasteiger partial charge in [0.25, 0.3) is 0 Å². The molecule has 0 heterocycles. The Morgan fingerprint density at radius 3 is 0.800 bits per heavy atom. The van der Waals surface area contributed by atoms with Gasteiger partial charge in [-0.05, 0) is 6.16 Å². The molecule has 60 valence electrons. The van der Waals surface area contributed by atoms with Crippen molar-refractivity contribution >= 4 is 6.16 Å². The molecule has 0 aromatic carbocycles. The van der Waals surface area contributed by atoms with Gasteiger partial charge < -0.3 is 15.0 Å². The second-order valence-corrected chi connectivity index (χ2v) is 0.250. The maximum absolute atomic E-state index is 8.33. The minimum Gasteiger partial charge on any atom is -0.652 e. The normalized spacial score (nSPS) is 3.60. The van der Waals surface area contributed by atoms with Gasteiger partial charge in [-0.2, -0.15) is 0 Å². The molecule has 0 unspecified atom stereocenters. The Bertz CT molecular complexity index is 53.1. The van der Waals surface area contributed by atoms with Gasteiger partial charge in [-0.25, -0.2) is 0 Å². The van der Waals surface area contributed by atoms with Crippen LogP contribution in [-0.2, 0) is 0 Å². The third-order valence-electron chi connectivity index (χ3n) is 0. The van der Waals surface area contributed by atoms with Crippen molar-refractivity contribution in [3.63, 3.8) is 0 Å². The molecule has 0 saturated carbocycles. The van der Waals surface area contributed by atoms with E-state index in [9.17, 15) is 0 Å². The van der Waals surface area contributed by atoms with Crippen LogP contribution in [0, 0.1) is 0 Å². The number of carboxylic acid groups (broad SMARTS) is 2. The van der Waals surface area contributed by atoms with Crippen LogP contribution in [0.2, 0.25) is 0 Å². The molecular weight excluding hydrogens is 132 g/mol. The van der Waals surface area contributed by atoms with E-state index >= 15 is 0 Å². The van der Waals surface area contributed by atoms with Gasteiger partial charge in [-0.3, -0.25) is 0 Å². The number of rotatable bonds is 0. The van der Waals surface area contributed by atoms with E-state index in [2.05, 4.69) is 39.5 Å². The maximum atomic E-state index is 8.33. The first-order valence-electron chi connectivity index (χ1n) is 2.11. The highest BCUT2D eigenvalue weighted by atomic mass is 16.6. The molecule has 3 heteroatoms. The Hall–Kier alpha value is -1.51. The average Bonchev–Trinajstić information content (AvgIpc) is 1.98. The maximum Gasteiger partial charge on any atom is -0.0431 e. The van der Waals surface area contributed by atoms with Crippen LogP contribution < -0.4 is 10.2 Å². The summed E-state index contributed by atoms with van der Waals surface area (Å²) in [4.78, 5) is 8.33. The lowest BCUT2D eigenvalue weighted by Gasteiger charge is -1.96. The van der Waals surface area contributed by atoms with E-state index in [0.29, 0.717) is 0 Å². The lowest BCUT2D eigenvalue weighted by Crippen LogP contribution is -2.37. The van der Waals surface area contributed by atoms with E-state index in [4.69, 9.17) is 15.0 Å². The molecule has 3 nitrogen and oxygen atoms in total. The van der Waals surface area contributed by atoms with Gasteiger partial charge in [0.15, 0.2) is 0 Å². The van der Waals surface area contributed by atoms with Gasteiger partial charge in [0.1, 0.15) is 0 Å². The molecule has 0 aromatic heterocycles. The summed E-state index contributed by atoms with van der Waals surface area (Å²) in [6, 6.07) is 0. The summed E-state index contributed by atoms with van der Waals surface area (Å²) >= 11 is 0. The third kappa shape index (κ3) is 85.8. The average molecular weight is 144 g/mol. The molecule has 10 heavy (non-hydrogen) atoms. The van der Waals surface area contributed by atoms with Gasteiger partial charge in [0, 0.05) is 0 Å². The van der Waals surface area contributed by atoms with Crippen molar-refractivity contribution in [3.05, 3.63) is 39.5 Å². The van der Waals surface area contributed by atoms with Gasteiger partial charge in [0.05, 0.1) is 0 Å². The molecule has 0 N–H and O–H groups in total. The van der Waals surface area contributed by atoms with E-state index in [0.717, 1.165) is 0 Å². The van der Waals surface area contributed by atoms with Crippen LogP contribution in [0.15, 0.2) is 39.5 Å². The quantitative estimate of drug-likeness (QED) is 0.448. The summed E-state index contributed by atoms with van der Waals surface area (Å²) in [6.45, 7) is 18.0. The fraction of sp³-hybridized carbons (Fsp3) is 0. The lowest BCUT2D eigenvalue weighted by atomic mass is 11.3. The standard InChI is InChI=1S/3C2H4.CH2O3/c3*1-2;2-1(3)4/h3*1-2H2;(H2,2,3,4)/p-2. The number of carbonyl (C=O) groups is 1. The van der Waals surface area contributed by atoms with E-state index < -0.39 is 6.16 Å². The van der Waals surface area contributed by atoms with E-state index in [1.807, 2.05) is 0 Å². The Morgan fingerprint density at radius 1 is 0.800 bits per heavy atom. The first-order chi connectivity index (χ1) is 4.73. The summed E-state index contributed by atoms with van der Waals surface area (Å²) in [6.07, 6.45) is -2.33. The Kier molecular flexibility index (Phi) is 336. The predicted molar refractivity (Wildman–Crippen MR) is 39.2 cm³/mol. The minimum absolute atomic E-state index is 2.33. The summed E-state index contributed by atoms with van der Waals surface area (Å²) in [5, 5.41) is 16.7. The summed E-state index contributed by atoms with van der Waals surface area (Å²) in [5.41, 5.74) is 0. The molecule has 0 aliphatic rings. The van der Waals surface area contributed by atoms with Crippen molar-refractivity contribution in [2.75, 3.05) is 0 Å². The fourth-order valence-electron chi connectivity index (χ4n) is 0. The van der Waals surface area contributed by atoms with Crippen LogP contribution in [0.3, 0.4) is 0 Å². The smallest absolute Gasteiger partial charge is 0.0431 e. The SMILES string of the molecule is C=C.C=C.C=C.O=C([O-])[O-]. The molecule has 0 saturated heterocycles. The zero-order chi connectivity index (χ0) is 9.58. The molecule has 0 rings (SSSR count). The molecule has 0 fully saturated rings. The van der Waals surface area contributed by atoms with Crippen LogP contribution in [0.5, 0.6) is 0 Å². The predicted octanol–water partition coefficient (Wildman–Crippen LogP) is -0.0404. The molecule has 0 aliphatic heterocycles. The third-order valence-corrected chi connectivity index (χ3v) is 0. The van der Waals surface area contributed by atoms with Crippen LogP contribution in [0.4, 0.5) is 4.79 Å². The van der Waals surface area contributed by atoms with Crippen LogP contribution in [0.25, 0.3) is 0 Å². The zero-order valence-electron chi connectivity index (χ0n) is 5.97. The number of hydrogen-bond acceptors (Lipinski definition) is 3. The van der Waals surface area contributed by atoms with Crippen molar-refractivity contribution in [1.82, 2.24) is 0 Å². The Labute approximate surface area is 61.6 Å². The van der Waals surface area contributed by atoms with E-state index in [-0.39, 0.29) is 0 Å². The van der Waals surface area contributed by atoms with E-state index in [1.165, 1.54) is 0 Å². The number of hydrogen-bond donors (Lipinski definition) is 0. The second kappa shape index (κ2) is 142. The fourth-order valence-corrected chi connectivity index (χ4v) is 0.